The van der Waals surface area contributed by atoms with E-state index in [0.29, 0.717) is 18.5 Å². The third-order valence-corrected chi connectivity index (χ3v) is 6.81. The molecular formula is C22H20N4O2. The van der Waals surface area contributed by atoms with Crippen molar-refractivity contribution in [3.8, 4) is 0 Å². The number of fused-ring (bicyclic) bond motifs is 2. The van der Waals surface area contributed by atoms with Crippen LogP contribution >= 0.6 is 0 Å². The number of carbonyl (C=O) groups excluding carboxylic acids is 1. The smallest absolute Gasteiger partial charge is 0.253 e. The molecular weight excluding hydrogens is 352 g/mol. The zero-order valence-electron chi connectivity index (χ0n) is 15.4. The summed E-state index contributed by atoms with van der Waals surface area (Å²) >= 11 is 0. The Bertz CT molecular complexity index is 1200. The van der Waals surface area contributed by atoms with Crippen LogP contribution in [0.25, 0.3) is 10.9 Å². The van der Waals surface area contributed by atoms with Crippen LogP contribution in [-0.2, 0) is 18.5 Å². The number of carbonyl (C=O) groups is 1. The second-order valence-corrected chi connectivity index (χ2v) is 8.43. The van der Waals surface area contributed by atoms with E-state index in [0.717, 1.165) is 59.5 Å². The molecule has 0 radical (unpaired) electrons. The van der Waals surface area contributed by atoms with Crippen molar-refractivity contribution in [3.05, 3.63) is 63.8 Å². The summed E-state index contributed by atoms with van der Waals surface area (Å²) in [5.74, 6) is 1.76. The van der Waals surface area contributed by atoms with Gasteiger partial charge in [-0.2, -0.15) is 0 Å². The minimum absolute atomic E-state index is 0.0229. The highest BCUT2D eigenvalue weighted by Crippen LogP contribution is 2.61. The number of nitrogens with one attached hydrogen (secondary N) is 1. The summed E-state index contributed by atoms with van der Waals surface area (Å²) < 4.78 is 1.91. The van der Waals surface area contributed by atoms with Crippen LogP contribution in [0, 0.1) is 5.92 Å². The molecule has 0 atom stereocenters. The van der Waals surface area contributed by atoms with E-state index in [-0.39, 0.29) is 16.9 Å². The van der Waals surface area contributed by atoms with Crippen LogP contribution in [0.4, 0.5) is 5.82 Å². The lowest BCUT2D eigenvalue weighted by atomic mass is 9.49. The van der Waals surface area contributed by atoms with Crippen LogP contribution in [0.3, 0.4) is 0 Å². The van der Waals surface area contributed by atoms with Gasteiger partial charge in [-0.05, 0) is 42.7 Å². The lowest BCUT2D eigenvalue weighted by Gasteiger charge is -2.62. The van der Waals surface area contributed by atoms with E-state index in [1.54, 1.807) is 6.07 Å². The molecule has 2 bridgehead atoms. The average molecular weight is 372 g/mol. The van der Waals surface area contributed by atoms with Crippen molar-refractivity contribution in [1.82, 2.24) is 14.5 Å². The number of nitrogens with zero attached hydrogens (tertiary/aromatic N) is 3. The van der Waals surface area contributed by atoms with Crippen LogP contribution < -0.4 is 10.9 Å². The molecule has 3 aromatic rings. The number of Topliss-reactive ketones (excluding diaryl/α,β-unsaturated/α-hetero) is 1. The van der Waals surface area contributed by atoms with Crippen molar-refractivity contribution in [2.75, 3.05) is 5.32 Å². The maximum absolute atomic E-state index is 12.6. The first-order valence-electron chi connectivity index (χ1n) is 9.89. The molecule has 0 aliphatic heterocycles. The molecule has 6 nitrogen and oxygen atoms in total. The van der Waals surface area contributed by atoms with E-state index in [9.17, 15) is 9.59 Å². The maximum Gasteiger partial charge on any atom is 0.253 e. The largest absolute Gasteiger partial charge is 0.365 e. The summed E-state index contributed by atoms with van der Waals surface area (Å²) in [7, 11) is 0. The monoisotopic (exact) mass is 372 g/mol. The highest BCUT2D eigenvalue weighted by molar-refractivity contribution is 6.00. The first-order valence-corrected chi connectivity index (χ1v) is 9.89. The highest BCUT2D eigenvalue weighted by atomic mass is 16.1. The van der Waals surface area contributed by atoms with Crippen LogP contribution in [0.5, 0.6) is 0 Å². The van der Waals surface area contributed by atoms with Gasteiger partial charge in [-0.15, -0.1) is 0 Å². The molecule has 0 amide bonds. The molecule has 1 N–H and O–H groups in total. The van der Waals surface area contributed by atoms with Crippen molar-refractivity contribution >= 4 is 22.5 Å². The fourth-order valence-corrected chi connectivity index (χ4v) is 5.18. The van der Waals surface area contributed by atoms with Crippen LogP contribution in [0.2, 0.25) is 0 Å². The van der Waals surface area contributed by atoms with E-state index >= 15 is 0 Å². The number of hydrogen-bond acceptors (Lipinski definition) is 5. The summed E-state index contributed by atoms with van der Waals surface area (Å²) in [6.45, 7) is 0.592. The zero-order chi connectivity index (χ0) is 18.9. The van der Waals surface area contributed by atoms with Gasteiger partial charge in [0.25, 0.3) is 5.56 Å². The predicted molar refractivity (Wildman–Crippen MR) is 106 cm³/mol. The number of benzene rings is 1. The number of ketones is 1. The molecule has 6 heteroatoms. The Hall–Kier alpha value is -3.02. The highest BCUT2D eigenvalue weighted by Gasteiger charge is 2.58. The lowest BCUT2D eigenvalue weighted by molar-refractivity contribution is -0.0911. The Balaban J connectivity index is 1.36. The van der Waals surface area contributed by atoms with E-state index < -0.39 is 0 Å². The Labute approximate surface area is 161 Å². The van der Waals surface area contributed by atoms with Gasteiger partial charge in [0.2, 0.25) is 0 Å². The van der Waals surface area contributed by atoms with Gasteiger partial charge in [0.1, 0.15) is 12.1 Å². The van der Waals surface area contributed by atoms with Crippen molar-refractivity contribution in [2.45, 2.75) is 44.2 Å². The van der Waals surface area contributed by atoms with Crippen LogP contribution in [-0.4, -0.2) is 20.3 Å². The second-order valence-electron chi connectivity index (χ2n) is 8.43. The Morgan fingerprint density at radius 1 is 1.14 bits per heavy atom. The Morgan fingerprint density at radius 3 is 2.79 bits per heavy atom. The van der Waals surface area contributed by atoms with Crippen LogP contribution in [0.15, 0.2) is 41.6 Å². The van der Waals surface area contributed by atoms with Gasteiger partial charge in [-0.3, -0.25) is 9.59 Å². The molecule has 28 heavy (non-hydrogen) atoms. The van der Waals surface area contributed by atoms with Gasteiger partial charge in [-0.25, -0.2) is 9.97 Å². The first kappa shape index (κ1) is 16.0. The summed E-state index contributed by atoms with van der Waals surface area (Å²) in [4.78, 5) is 33.3. The molecule has 7 rings (SSSR count). The Kier molecular flexibility index (Phi) is 3.14. The summed E-state index contributed by atoms with van der Waals surface area (Å²) in [5, 5.41) is 4.29. The molecule has 3 fully saturated rings. The first-order chi connectivity index (χ1) is 13.6. The van der Waals surface area contributed by atoms with Gasteiger partial charge in [0, 0.05) is 36.3 Å². The predicted octanol–water partition coefficient (Wildman–Crippen LogP) is 3.04. The molecule has 0 spiro atoms. The second kappa shape index (κ2) is 5.50. The van der Waals surface area contributed by atoms with Gasteiger partial charge < -0.3 is 9.88 Å². The number of hydrogen-bond donors (Lipinski definition) is 1. The number of aromatic nitrogens is 3. The summed E-state index contributed by atoms with van der Waals surface area (Å²) in [6, 6.07) is 7.54. The van der Waals surface area contributed by atoms with E-state index in [4.69, 9.17) is 0 Å². The van der Waals surface area contributed by atoms with Crippen LogP contribution in [0.1, 0.15) is 47.2 Å². The quantitative estimate of drug-likeness (QED) is 0.762. The third-order valence-electron chi connectivity index (χ3n) is 6.81. The SMILES string of the molecule is O=C1CCc2c(CNc3ncnc4cc(=O)n(C56CC(C5)C6)cc34)cccc21. The minimum atomic E-state index is 0.0229. The molecule has 3 saturated carbocycles. The van der Waals surface area contributed by atoms with Gasteiger partial charge in [0.05, 0.1) is 10.9 Å². The fraction of sp³-hybridized carbons (Fsp3) is 0.364. The molecule has 2 heterocycles. The van der Waals surface area contributed by atoms with E-state index in [1.807, 2.05) is 22.9 Å². The minimum Gasteiger partial charge on any atom is -0.365 e. The van der Waals surface area contributed by atoms with Crippen molar-refractivity contribution in [3.63, 3.8) is 0 Å². The lowest BCUT2D eigenvalue weighted by Crippen LogP contribution is -2.61. The molecule has 1 aromatic carbocycles. The maximum atomic E-state index is 12.6. The van der Waals surface area contributed by atoms with Crippen molar-refractivity contribution in [1.29, 1.82) is 0 Å². The van der Waals surface area contributed by atoms with Crippen molar-refractivity contribution in [2.24, 2.45) is 5.92 Å². The molecule has 0 saturated heterocycles. The van der Waals surface area contributed by atoms with E-state index in [2.05, 4.69) is 21.4 Å². The molecule has 4 aliphatic carbocycles. The van der Waals surface area contributed by atoms with Gasteiger partial charge in [0.15, 0.2) is 5.78 Å². The molecule has 2 aromatic heterocycles. The standard InChI is InChI=1S/C22H20N4O2/c27-19-5-4-15-14(2-1-3-16(15)19)10-23-21-17-11-26(22-7-13(8-22)9-22)20(28)6-18(17)24-12-25-21/h1-3,6,11-13H,4-5,7-10H2,(H,23,24,25). The Morgan fingerprint density at radius 2 is 2.00 bits per heavy atom. The number of pyridine rings is 1. The topological polar surface area (TPSA) is 76.9 Å². The van der Waals surface area contributed by atoms with Crippen molar-refractivity contribution < 1.29 is 4.79 Å². The molecule has 0 unspecified atom stereocenters. The molecule has 140 valence electrons. The fourth-order valence-electron chi connectivity index (χ4n) is 5.18. The average Bonchev–Trinajstić information content (AvgIpc) is 3.00. The number of rotatable bonds is 4. The molecule has 4 aliphatic rings. The van der Waals surface area contributed by atoms with E-state index in [1.165, 1.54) is 6.33 Å². The van der Waals surface area contributed by atoms with Gasteiger partial charge >= 0.3 is 0 Å². The van der Waals surface area contributed by atoms with Gasteiger partial charge in [-0.1, -0.05) is 18.2 Å². The third kappa shape index (κ3) is 2.14. The summed E-state index contributed by atoms with van der Waals surface area (Å²) in [6.07, 6.45) is 8.16. The zero-order valence-corrected chi connectivity index (χ0v) is 15.4. The summed E-state index contributed by atoms with van der Waals surface area (Å²) in [5.41, 5.74) is 3.84. The number of anilines is 1. The normalized spacial score (nSPS) is 24.6.